The molecule has 0 aliphatic heterocycles. The van der Waals surface area contributed by atoms with Gasteiger partial charge < -0.3 is 16.2 Å². The summed E-state index contributed by atoms with van der Waals surface area (Å²) in [6.45, 7) is 0. The lowest BCUT2D eigenvalue weighted by Gasteiger charge is -2.11. The van der Waals surface area contributed by atoms with E-state index in [1.54, 1.807) is 30.3 Å². The summed E-state index contributed by atoms with van der Waals surface area (Å²) in [6, 6.07) is 17.4. The molecule has 1 aromatic heterocycles. The zero-order valence-corrected chi connectivity index (χ0v) is 17.9. The number of amides is 1. The number of aromatic nitrogens is 1. The van der Waals surface area contributed by atoms with Crippen molar-refractivity contribution >= 4 is 27.1 Å². The fourth-order valence-corrected chi connectivity index (χ4v) is 4.46. The van der Waals surface area contributed by atoms with Gasteiger partial charge in [0.1, 0.15) is 16.5 Å². The summed E-state index contributed by atoms with van der Waals surface area (Å²) in [4.78, 5) is 16.0. The number of nitrogens with zero attached hydrogens (tertiary/aromatic N) is 1. The average Bonchev–Trinajstić information content (AvgIpc) is 2.81. The highest BCUT2D eigenvalue weighted by Gasteiger charge is 2.22. The molecule has 0 aliphatic carbocycles. The normalized spacial score (nSPS) is 11.2. The van der Waals surface area contributed by atoms with Gasteiger partial charge in [0.25, 0.3) is 5.91 Å². The number of nitrogens with one attached hydrogen (secondary N) is 1. The van der Waals surface area contributed by atoms with E-state index in [1.807, 2.05) is 0 Å². The summed E-state index contributed by atoms with van der Waals surface area (Å²) >= 11 is 0. The smallest absolute Gasteiger partial charge is 0.255 e. The van der Waals surface area contributed by atoms with Gasteiger partial charge in [0, 0.05) is 18.0 Å². The van der Waals surface area contributed by atoms with Crippen LogP contribution in [0.2, 0.25) is 0 Å². The van der Waals surface area contributed by atoms with Gasteiger partial charge in [0.15, 0.2) is 0 Å². The third-order valence-electron chi connectivity index (χ3n) is 4.96. The molecule has 4 N–H and O–H groups in total. The third-order valence-corrected chi connectivity index (χ3v) is 6.74. The molecule has 0 fully saturated rings. The molecule has 4 aromatic rings. The minimum Gasteiger partial charge on any atom is -0.506 e. The van der Waals surface area contributed by atoms with E-state index >= 15 is 0 Å². The predicted octanol–water partition coefficient (Wildman–Crippen LogP) is 4.26. The Morgan fingerprint density at radius 2 is 1.61 bits per heavy atom. The van der Waals surface area contributed by atoms with Gasteiger partial charge in [0.05, 0.1) is 16.3 Å². The lowest BCUT2D eigenvalue weighted by molar-refractivity contribution is 0.102. The highest BCUT2D eigenvalue weighted by molar-refractivity contribution is 7.91. The predicted molar refractivity (Wildman–Crippen MR) is 122 cm³/mol. The molecule has 0 aliphatic rings. The van der Waals surface area contributed by atoms with E-state index in [1.165, 1.54) is 48.7 Å². The van der Waals surface area contributed by atoms with Gasteiger partial charge >= 0.3 is 0 Å². The quantitative estimate of drug-likeness (QED) is 0.380. The first-order valence-corrected chi connectivity index (χ1v) is 11.2. The van der Waals surface area contributed by atoms with Gasteiger partial charge in [-0.1, -0.05) is 18.2 Å². The Bertz CT molecular complexity index is 1440. The van der Waals surface area contributed by atoms with Crippen molar-refractivity contribution in [3.05, 3.63) is 96.6 Å². The number of benzene rings is 3. The SMILES string of the molecule is Nc1ccc(-c2ccc(F)cc2)cc1NC(=O)c1ccc(S(=O)(=O)c2cnccc2O)cc1. The molecule has 0 spiro atoms. The molecule has 3 aromatic carbocycles. The van der Waals surface area contributed by atoms with Crippen LogP contribution >= 0.6 is 0 Å². The molecule has 0 radical (unpaired) electrons. The third kappa shape index (κ3) is 4.53. The van der Waals surface area contributed by atoms with Crippen LogP contribution in [-0.4, -0.2) is 24.4 Å². The molecule has 9 heteroatoms. The first-order chi connectivity index (χ1) is 15.8. The van der Waals surface area contributed by atoms with Crippen LogP contribution in [0.25, 0.3) is 11.1 Å². The van der Waals surface area contributed by atoms with Gasteiger partial charge in [-0.3, -0.25) is 9.78 Å². The van der Waals surface area contributed by atoms with Crippen molar-refractivity contribution in [2.45, 2.75) is 9.79 Å². The topological polar surface area (TPSA) is 122 Å². The second-order valence-electron chi connectivity index (χ2n) is 7.13. The lowest BCUT2D eigenvalue weighted by atomic mass is 10.0. The minimum absolute atomic E-state index is 0.0971. The van der Waals surface area contributed by atoms with E-state index in [0.717, 1.165) is 17.3 Å². The first kappa shape index (κ1) is 22.0. The van der Waals surface area contributed by atoms with E-state index in [-0.39, 0.29) is 21.2 Å². The number of rotatable bonds is 5. The molecular weight excluding hydrogens is 445 g/mol. The van der Waals surface area contributed by atoms with E-state index in [9.17, 15) is 22.7 Å². The van der Waals surface area contributed by atoms with Crippen LogP contribution in [0, 0.1) is 5.82 Å². The van der Waals surface area contributed by atoms with E-state index < -0.39 is 21.5 Å². The molecule has 1 heterocycles. The second kappa shape index (κ2) is 8.71. The zero-order valence-electron chi connectivity index (χ0n) is 17.1. The number of carbonyl (C=O) groups is 1. The van der Waals surface area contributed by atoms with E-state index in [0.29, 0.717) is 11.4 Å². The summed E-state index contributed by atoms with van der Waals surface area (Å²) in [5.74, 6) is -1.26. The molecule has 0 bridgehead atoms. The van der Waals surface area contributed by atoms with Gasteiger partial charge in [-0.25, -0.2) is 12.8 Å². The van der Waals surface area contributed by atoms with Crippen molar-refractivity contribution in [1.29, 1.82) is 0 Å². The fourth-order valence-electron chi connectivity index (χ4n) is 3.17. The highest BCUT2D eigenvalue weighted by atomic mass is 32.2. The number of pyridine rings is 1. The monoisotopic (exact) mass is 463 g/mol. The first-order valence-electron chi connectivity index (χ1n) is 9.70. The summed E-state index contributed by atoms with van der Waals surface area (Å²) in [7, 11) is -4.01. The number of sulfone groups is 1. The fraction of sp³-hybridized carbons (Fsp3) is 0. The number of hydrogen-bond acceptors (Lipinski definition) is 6. The van der Waals surface area contributed by atoms with Crippen LogP contribution in [0.5, 0.6) is 5.75 Å². The van der Waals surface area contributed by atoms with E-state index in [2.05, 4.69) is 10.3 Å². The molecule has 4 rings (SSSR count). The minimum atomic E-state index is -4.01. The number of halogens is 1. The number of carbonyl (C=O) groups excluding carboxylic acids is 1. The Balaban J connectivity index is 1.57. The molecule has 166 valence electrons. The molecule has 1 amide bonds. The maximum atomic E-state index is 13.2. The molecule has 0 saturated carbocycles. The highest BCUT2D eigenvalue weighted by Crippen LogP contribution is 2.29. The maximum Gasteiger partial charge on any atom is 0.255 e. The Hall–Kier alpha value is -4.24. The van der Waals surface area contributed by atoms with Crippen molar-refractivity contribution in [2.75, 3.05) is 11.1 Å². The molecule has 0 unspecified atom stereocenters. The number of nitrogens with two attached hydrogens (primary N) is 1. The van der Waals surface area contributed by atoms with Gasteiger partial charge in [-0.2, -0.15) is 0 Å². The summed E-state index contributed by atoms with van der Waals surface area (Å²) < 4.78 is 38.6. The molecule has 7 nitrogen and oxygen atoms in total. The van der Waals surface area contributed by atoms with Crippen molar-refractivity contribution < 1.29 is 22.7 Å². The van der Waals surface area contributed by atoms with Crippen LogP contribution in [0.1, 0.15) is 10.4 Å². The number of anilines is 2. The van der Waals surface area contributed by atoms with Gasteiger partial charge in [-0.05, 0) is 65.7 Å². The number of nitrogen functional groups attached to an aromatic ring is 1. The van der Waals surface area contributed by atoms with Crippen molar-refractivity contribution in [2.24, 2.45) is 0 Å². The Morgan fingerprint density at radius 1 is 0.939 bits per heavy atom. The van der Waals surface area contributed by atoms with Gasteiger partial charge in [0.2, 0.25) is 9.84 Å². The van der Waals surface area contributed by atoms with Crippen LogP contribution in [0.3, 0.4) is 0 Å². The van der Waals surface area contributed by atoms with Gasteiger partial charge in [-0.15, -0.1) is 0 Å². The summed E-state index contributed by atoms with van der Waals surface area (Å²) in [6.07, 6.45) is 2.33. The zero-order chi connectivity index (χ0) is 23.6. The van der Waals surface area contributed by atoms with Crippen LogP contribution in [-0.2, 0) is 9.84 Å². The summed E-state index contributed by atoms with van der Waals surface area (Å²) in [5, 5.41) is 12.6. The Morgan fingerprint density at radius 3 is 2.27 bits per heavy atom. The maximum absolute atomic E-state index is 13.2. The molecule has 33 heavy (non-hydrogen) atoms. The standard InChI is InChI=1S/C24H18FN3O4S/c25-18-6-1-15(2-7-18)17-5-10-20(26)21(13-17)28-24(30)16-3-8-19(9-4-16)33(31,32)23-14-27-12-11-22(23)29/h1-14H,26H2,(H,27,29)(H,28,30). The van der Waals surface area contributed by atoms with Crippen LogP contribution in [0.15, 0.2) is 95.0 Å². The largest absolute Gasteiger partial charge is 0.506 e. The number of hydrogen-bond donors (Lipinski definition) is 3. The molecule has 0 atom stereocenters. The molecular formula is C24H18FN3O4S. The second-order valence-corrected chi connectivity index (χ2v) is 9.05. The van der Waals surface area contributed by atoms with E-state index in [4.69, 9.17) is 5.73 Å². The average molecular weight is 463 g/mol. The van der Waals surface area contributed by atoms with Crippen LogP contribution in [0.4, 0.5) is 15.8 Å². The van der Waals surface area contributed by atoms with Crippen molar-refractivity contribution in [3.63, 3.8) is 0 Å². The Kier molecular flexibility index (Phi) is 5.80. The molecule has 0 saturated heterocycles. The van der Waals surface area contributed by atoms with Crippen LogP contribution < -0.4 is 11.1 Å². The lowest BCUT2D eigenvalue weighted by Crippen LogP contribution is -2.13. The van der Waals surface area contributed by atoms with Crippen molar-refractivity contribution in [3.8, 4) is 16.9 Å². The van der Waals surface area contributed by atoms with Crippen molar-refractivity contribution in [1.82, 2.24) is 4.98 Å². The number of aromatic hydroxyl groups is 1. The Labute approximate surface area is 189 Å². The summed E-state index contributed by atoms with van der Waals surface area (Å²) in [5.41, 5.74) is 8.38.